The average molecular weight is 283 g/mol. The number of nitro groups is 1. The van der Waals surface area contributed by atoms with E-state index in [1.165, 1.54) is 38.5 Å². The highest BCUT2D eigenvalue weighted by atomic mass is 16.6. The van der Waals surface area contributed by atoms with Crippen LogP contribution in [-0.4, -0.2) is 16.7 Å². The van der Waals surface area contributed by atoms with Crippen molar-refractivity contribution in [2.75, 3.05) is 0 Å². The Morgan fingerprint density at radius 3 is 1.60 bits per heavy atom. The molecule has 0 saturated heterocycles. The summed E-state index contributed by atoms with van der Waals surface area (Å²) in [6.07, 6.45) is 14.6. The third kappa shape index (κ3) is 7.61. The van der Waals surface area contributed by atoms with Gasteiger partial charge in [0.25, 0.3) is 6.04 Å². The summed E-state index contributed by atoms with van der Waals surface area (Å²) in [4.78, 5) is 22.5. The van der Waals surface area contributed by atoms with Crippen LogP contribution < -0.4 is 0 Å². The van der Waals surface area contributed by atoms with E-state index in [0.717, 1.165) is 38.5 Å². The van der Waals surface area contributed by atoms with Crippen LogP contribution in [0.5, 0.6) is 0 Å². The largest absolute Gasteiger partial charge is 0.292 e. The first-order chi connectivity index (χ1) is 9.72. The normalized spacial score (nSPS) is 25.2. The summed E-state index contributed by atoms with van der Waals surface area (Å²) >= 11 is 0. The first-order valence-electron chi connectivity index (χ1n) is 8.38. The van der Waals surface area contributed by atoms with Crippen LogP contribution in [0.4, 0.5) is 0 Å². The van der Waals surface area contributed by atoms with Crippen molar-refractivity contribution >= 4 is 5.78 Å². The SMILES string of the molecule is O=C1CCCCCCCCCCCCCCC1[N+](=O)[O-]. The minimum Gasteiger partial charge on any atom is -0.292 e. The second kappa shape index (κ2) is 10.8. The molecule has 20 heavy (non-hydrogen) atoms. The van der Waals surface area contributed by atoms with Crippen molar-refractivity contribution in [1.29, 1.82) is 0 Å². The third-order valence-electron chi connectivity index (χ3n) is 4.28. The van der Waals surface area contributed by atoms with Crippen molar-refractivity contribution in [2.24, 2.45) is 0 Å². The Hall–Kier alpha value is -0.930. The molecule has 1 rings (SSSR count). The zero-order valence-corrected chi connectivity index (χ0v) is 12.6. The van der Waals surface area contributed by atoms with Gasteiger partial charge in [-0.1, -0.05) is 64.2 Å². The lowest BCUT2D eigenvalue weighted by Crippen LogP contribution is -2.29. The van der Waals surface area contributed by atoms with Crippen LogP contribution in [0.15, 0.2) is 0 Å². The van der Waals surface area contributed by atoms with Gasteiger partial charge in [0.05, 0.1) is 0 Å². The number of carbonyl (C=O) groups is 1. The molecule has 0 amide bonds. The molecule has 0 N–H and O–H groups in total. The van der Waals surface area contributed by atoms with Crippen molar-refractivity contribution in [3.05, 3.63) is 10.1 Å². The molecule has 1 aliphatic rings. The Morgan fingerprint density at radius 2 is 1.15 bits per heavy atom. The van der Waals surface area contributed by atoms with E-state index in [2.05, 4.69) is 0 Å². The molecule has 1 atom stereocenters. The third-order valence-corrected chi connectivity index (χ3v) is 4.28. The molecule has 0 heterocycles. The predicted molar refractivity (Wildman–Crippen MR) is 80.4 cm³/mol. The summed E-state index contributed by atoms with van der Waals surface area (Å²) < 4.78 is 0. The maximum atomic E-state index is 11.9. The number of carbonyl (C=O) groups excluding carboxylic acids is 1. The first kappa shape index (κ1) is 17.1. The summed E-state index contributed by atoms with van der Waals surface area (Å²) in [5.74, 6) is -0.151. The minimum absolute atomic E-state index is 0.151. The summed E-state index contributed by atoms with van der Waals surface area (Å²) in [7, 11) is 0. The van der Waals surface area contributed by atoms with Gasteiger partial charge in [-0.15, -0.1) is 0 Å². The predicted octanol–water partition coefficient (Wildman–Crippen LogP) is 4.68. The Morgan fingerprint density at radius 1 is 0.750 bits per heavy atom. The molecule has 0 aromatic heterocycles. The van der Waals surface area contributed by atoms with Gasteiger partial charge in [-0.2, -0.15) is 0 Å². The Bertz CT molecular complexity index is 291. The van der Waals surface area contributed by atoms with Crippen molar-refractivity contribution in [3.8, 4) is 0 Å². The van der Waals surface area contributed by atoms with Crippen LogP contribution in [0.1, 0.15) is 89.9 Å². The van der Waals surface area contributed by atoms with Gasteiger partial charge in [0.2, 0.25) is 5.78 Å². The highest BCUT2D eigenvalue weighted by Gasteiger charge is 2.27. The molecule has 1 unspecified atom stereocenters. The van der Waals surface area contributed by atoms with E-state index in [1.54, 1.807) is 0 Å². The van der Waals surface area contributed by atoms with E-state index < -0.39 is 6.04 Å². The molecule has 0 bridgehead atoms. The number of ketones is 1. The molecule has 0 aromatic rings. The summed E-state index contributed by atoms with van der Waals surface area (Å²) in [6.45, 7) is 0. The summed E-state index contributed by atoms with van der Waals surface area (Å²) in [5.41, 5.74) is 0. The first-order valence-corrected chi connectivity index (χ1v) is 8.38. The molecule has 0 aromatic carbocycles. The highest BCUT2D eigenvalue weighted by Crippen LogP contribution is 2.16. The highest BCUT2D eigenvalue weighted by molar-refractivity contribution is 5.82. The van der Waals surface area contributed by atoms with Crippen LogP contribution in [0.2, 0.25) is 0 Å². The lowest BCUT2D eigenvalue weighted by molar-refractivity contribution is -0.508. The van der Waals surface area contributed by atoms with Gasteiger partial charge in [-0.05, 0) is 12.8 Å². The molecule has 0 spiro atoms. The number of hydrogen-bond donors (Lipinski definition) is 0. The molecule has 4 heteroatoms. The van der Waals surface area contributed by atoms with E-state index >= 15 is 0 Å². The number of nitrogens with zero attached hydrogens (tertiary/aromatic N) is 1. The number of Topliss-reactive ketones (excluding diaryl/α,β-unsaturated/α-hetero) is 1. The fraction of sp³-hybridized carbons (Fsp3) is 0.938. The molecule has 1 saturated carbocycles. The average Bonchev–Trinajstić information content (AvgIpc) is 2.41. The summed E-state index contributed by atoms with van der Waals surface area (Å²) in [5, 5.41) is 11.0. The van der Waals surface area contributed by atoms with Crippen molar-refractivity contribution in [1.82, 2.24) is 0 Å². The van der Waals surface area contributed by atoms with E-state index in [9.17, 15) is 14.9 Å². The monoisotopic (exact) mass is 283 g/mol. The molecule has 0 aliphatic heterocycles. The van der Waals surface area contributed by atoms with Crippen LogP contribution in [0, 0.1) is 10.1 Å². The quantitative estimate of drug-likeness (QED) is 0.518. The van der Waals surface area contributed by atoms with Gasteiger partial charge < -0.3 is 0 Å². The number of hydrogen-bond acceptors (Lipinski definition) is 3. The lowest BCUT2D eigenvalue weighted by Gasteiger charge is -2.09. The summed E-state index contributed by atoms with van der Waals surface area (Å²) in [6, 6.07) is -0.942. The van der Waals surface area contributed by atoms with Gasteiger partial charge in [0.1, 0.15) is 0 Å². The molecule has 116 valence electrons. The van der Waals surface area contributed by atoms with E-state index in [0.29, 0.717) is 12.8 Å². The maximum absolute atomic E-state index is 11.9. The molecule has 4 nitrogen and oxygen atoms in total. The second-order valence-corrected chi connectivity index (χ2v) is 6.05. The van der Waals surface area contributed by atoms with Gasteiger partial charge in [0, 0.05) is 17.8 Å². The van der Waals surface area contributed by atoms with Crippen molar-refractivity contribution < 1.29 is 9.72 Å². The molecule has 0 radical (unpaired) electrons. The van der Waals surface area contributed by atoms with Crippen LogP contribution >= 0.6 is 0 Å². The lowest BCUT2D eigenvalue weighted by atomic mass is 9.98. The van der Waals surface area contributed by atoms with E-state index in [-0.39, 0.29) is 10.7 Å². The second-order valence-electron chi connectivity index (χ2n) is 6.05. The van der Waals surface area contributed by atoms with Gasteiger partial charge in [-0.25, -0.2) is 0 Å². The van der Waals surface area contributed by atoms with Crippen molar-refractivity contribution in [2.45, 2.75) is 95.9 Å². The van der Waals surface area contributed by atoms with Crippen LogP contribution in [0.25, 0.3) is 0 Å². The smallest absolute Gasteiger partial charge is 0.270 e. The minimum atomic E-state index is -0.942. The Labute approximate surface area is 122 Å². The van der Waals surface area contributed by atoms with E-state index in [4.69, 9.17) is 0 Å². The molecule has 1 aliphatic carbocycles. The van der Waals surface area contributed by atoms with Crippen molar-refractivity contribution in [3.63, 3.8) is 0 Å². The van der Waals surface area contributed by atoms with E-state index in [1.807, 2.05) is 0 Å². The van der Waals surface area contributed by atoms with Gasteiger partial charge in [-0.3, -0.25) is 14.9 Å². The Kier molecular flexibility index (Phi) is 9.25. The van der Waals surface area contributed by atoms with Crippen LogP contribution in [0.3, 0.4) is 0 Å². The zero-order valence-electron chi connectivity index (χ0n) is 12.6. The van der Waals surface area contributed by atoms with Gasteiger partial charge >= 0.3 is 0 Å². The van der Waals surface area contributed by atoms with Crippen LogP contribution in [-0.2, 0) is 4.79 Å². The maximum Gasteiger partial charge on any atom is 0.270 e. The van der Waals surface area contributed by atoms with Gasteiger partial charge in [0.15, 0.2) is 0 Å². The molecule has 1 fully saturated rings. The molecular formula is C16H29NO3. The number of rotatable bonds is 1. The zero-order chi connectivity index (χ0) is 14.6. The molecular weight excluding hydrogens is 254 g/mol. The fourth-order valence-electron chi connectivity index (χ4n) is 2.96. The standard InChI is InChI=1S/C16H29NO3/c18-16-14-12-10-8-6-4-2-1-3-5-7-9-11-13-15(16)17(19)20/h15H,1-14H2. The topological polar surface area (TPSA) is 60.2 Å². The Balaban J connectivity index is 2.39. The fourth-order valence-corrected chi connectivity index (χ4v) is 2.96.